The van der Waals surface area contributed by atoms with E-state index in [2.05, 4.69) is 45.5 Å². The van der Waals surface area contributed by atoms with Gasteiger partial charge in [0.15, 0.2) is 11.6 Å². The number of rotatable bonds is 8. The second kappa shape index (κ2) is 10.7. The highest BCUT2D eigenvalue weighted by atomic mass is 16.5. The summed E-state index contributed by atoms with van der Waals surface area (Å²) in [5.74, 6) is 3.07. The van der Waals surface area contributed by atoms with Crippen LogP contribution >= 0.6 is 0 Å². The molecule has 1 saturated heterocycles. The van der Waals surface area contributed by atoms with Gasteiger partial charge in [0.05, 0.1) is 0 Å². The van der Waals surface area contributed by atoms with E-state index in [9.17, 15) is 0 Å². The molecule has 0 aliphatic carbocycles. The van der Waals surface area contributed by atoms with Crippen LogP contribution in [-0.4, -0.2) is 56.7 Å². The monoisotopic (exact) mass is 447 g/mol. The number of hydrogen-bond donors (Lipinski definition) is 0. The minimum absolute atomic E-state index is 0.120. The number of aromatic nitrogens is 5. The molecule has 1 fully saturated rings. The van der Waals surface area contributed by atoms with Crippen molar-refractivity contribution < 1.29 is 4.74 Å². The van der Waals surface area contributed by atoms with Crippen molar-refractivity contribution >= 4 is 11.8 Å². The molecule has 0 spiro atoms. The topological polar surface area (TPSA) is 80.2 Å². The number of unbranched alkanes of at least 4 members (excludes halogenated alkanes) is 1. The maximum absolute atomic E-state index is 5.91. The Labute approximate surface area is 196 Å². The van der Waals surface area contributed by atoms with Crippen molar-refractivity contribution in [2.45, 2.75) is 58.7 Å². The van der Waals surface area contributed by atoms with Crippen molar-refractivity contribution in [3.63, 3.8) is 0 Å². The molecule has 0 amide bonds. The molecular weight excluding hydrogens is 414 g/mol. The van der Waals surface area contributed by atoms with E-state index >= 15 is 0 Å². The molecule has 0 saturated carbocycles. The van der Waals surface area contributed by atoms with Gasteiger partial charge in [0, 0.05) is 43.5 Å². The fourth-order valence-corrected chi connectivity index (χ4v) is 4.29. The Balaban J connectivity index is 1.48. The Hall–Kier alpha value is -3.13. The van der Waals surface area contributed by atoms with Crippen LogP contribution in [0, 0.1) is 0 Å². The fraction of sp³-hybridized carbons (Fsp3) is 0.480. The first kappa shape index (κ1) is 23.0. The molecule has 1 aliphatic rings. The van der Waals surface area contributed by atoms with E-state index in [0.29, 0.717) is 11.8 Å². The summed E-state index contributed by atoms with van der Waals surface area (Å²) in [4.78, 5) is 27.5. The number of benzene rings is 1. The van der Waals surface area contributed by atoms with E-state index in [1.165, 1.54) is 0 Å². The third kappa shape index (κ3) is 5.45. The van der Waals surface area contributed by atoms with Crippen molar-refractivity contribution in [2.24, 2.45) is 0 Å². The summed E-state index contributed by atoms with van der Waals surface area (Å²) in [6.07, 6.45) is 5.47. The maximum Gasteiger partial charge on any atom is 0.229 e. The van der Waals surface area contributed by atoms with Gasteiger partial charge in [-0.25, -0.2) is 19.9 Å². The minimum atomic E-state index is -0.120. The first-order valence-electron chi connectivity index (χ1n) is 11.8. The molecule has 3 aromatic rings. The number of nitrogens with zero attached hydrogens (tertiary/aromatic N) is 7. The summed E-state index contributed by atoms with van der Waals surface area (Å²) in [7, 11) is 0. The Morgan fingerprint density at radius 3 is 2.48 bits per heavy atom. The van der Waals surface area contributed by atoms with Gasteiger partial charge in [0.25, 0.3) is 0 Å². The molecule has 8 nitrogen and oxygen atoms in total. The van der Waals surface area contributed by atoms with Crippen molar-refractivity contribution in [3.05, 3.63) is 54.7 Å². The van der Waals surface area contributed by atoms with Crippen LogP contribution in [0.2, 0.25) is 0 Å². The standard InChI is InChI=1S/C25H33N7O/c1-5-6-14-33-20(4)23-26-13-12-22(29-23)32-18(2)15-31(16-19(32)3)25-28-17-27-24(30-25)21-10-8-7-9-11-21/h7-13,17-20H,5-6,14-16H2,1-4H3/t18-,19+,20-/m1/s1. The van der Waals surface area contributed by atoms with Crippen LogP contribution in [0.4, 0.5) is 11.8 Å². The van der Waals surface area contributed by atoms with Crippen LogP contribution in [0.25, 0.3) is 11.4 Å². The van der Waals surface area contributed by atoms with Crippen LogP contribution in [-0.2, 0) is 4.74 Å². The number of hydrogen-bond acceptors (Lipinski definition) is 8. The molecule has 0 radical (unpaired) electrons. The zero-order valence-electron chi connectivity index (χ0n) is 19.9. The van der Waals surface area contributed by atoms with Crippen LogP contribution in [0.3, 0.4) is 0 Å². The molecular formula is C25H33N7O. The van der Waals surface area contributed by atoms with E-state index in [4.69, 9.17) is 14.7 Å². The molecule has 174 valence electrons. The van der Waals surface area contributed by atoms with Crippen molar-refractivity contribution in [2.75, 3.05) is 29.5 Å². The second-order valence-corrected chi connectivity index (χ2v) is 8.63. The normalized spacial score (nSPS) is 19.5. The lowest BCUT2D eigenvalue weighted by atomic mass is 10.1. The molecule has 0 unspecified atom stereocenters. The van der Waals surface area contributed by atoms with Gasteiger partial charge in [0.1, 0.15) is 18.2 Å². The maximum atomic E-state index is 5.91. The lowest BCUT2D eigenvalue weighted by molar-refractivity contribution is 0.0578. The van der Waals surface area contributed by atoms with E-state index in [-0.39, 0.29) is 18.2 Å². The molecule has 0 N–H and O–H groups in total. The van der Waals surface area contributed by atoms with Crippen molar-refractivity contribution in [1.29, 1.82) is 0 Å². The molecule has 2 aromatic heterocycles. The minimum Gasteiger partial charge on any atom is -0.371 e. The van der Waals surface area contributed by atoms with Crippen molar-refractivity contribution in [1.82, 2.24) is 24.9 Å². The third-order valence-corrected chi connectivity index (χ3v) is 5.95. The third-order valence-electron chi connectivity index (χ3n) is 5.95. The fourth-order valence-electron chi connectivity index (χ4n) is 4.29. The summed E-state index contributed by atoms with van der Waals surface area (Å²) < 4.78 is 5.91. The predicted molar refractivity (Wildman–Crippen MR) is 130 cm³/mol. The quantitative estimate of drug-likeness (QED) is 0.473. The molecule has 4 rings (SSSR count). The smallest absolute Gasteiger partial charge is 0.229 e. The highest BCUT2D eigenvalue weighted by Crippen LogP contribution is 2.26. The van der Waals surface area contributed by atoms with E-state index in [1.54, 1.807) is 6.33 Å². The number of anilines is 2. The van der Waals surface area contributed by atoms with Crippen molar-refractivity contribution in [3.8, 4) is 11.4 Å². The summed E-state index contributed by atoms with van der Waals surface area (Å²) in [5.41, 5.74) is 0.990. The zero-order valence-corrected chi connectivity index (χ0v) is 19.9. The Morgan fingerprint density at radius 1 is 1.00 bits per heavy atom. The van der Waals surface area contributed by atoms with Gasteiger partial charge >= 0.3 is 0 Å². The average Bonchev–Trinajstić information content (AvgIpc) is 2.84. The SMILES string of the molecule is CCCCO[C@H](C)c1nccc(N2[C@H](C)CN(c3ncnc(-c4ccccc4)n3)C[C@@H]2C)n1. The molecule has 8 heteroatoms. The van der Waals surface area contributed by atoms with E-state index in [0.717, 1.165) is 49.7 Å². The molecule has 33 heavy (non-hydrogen) atoms. The summed E-state index contributed by atoms with van der Waals surface area (Å²) >= 11 is 0. The van der Waals surface area contributed by atoms with Gasteiger partial charge in [-0.3, -0.25) is 0 Å². The number of ether oxygens (including phenoxy) is 1. The van der Waals surface area contributed by atoms with E-state index < -0.39 is 0 Å². The first-order valence-corrected chi connectivity index (χ1v) is 11.8. The van der Waals surface area contributed by atoms with Gasteiger partial charge in [-0.1, -0.05) is 43.7 Å². The highest BCUT2D eigenvalue weighted by Gasteiger charge is 2.32. The molecule has 3 atom stereocenters. The molecule has 0 bridgehead atoms. The van der Waals surface area contributed by atoms with Gasteiger partial charge in [-0.05, 0) is 33.3 Å². The average molecular weight is 448 g/mol. The molecule has 1 aromatic carbocycles. The molecule has 1 aliphatic heterocycles. The van der Waals surface area contributed by atoms with Gasteiger partial charge in [-0.15, -0.1) is 0 Å². The Kier molecular flexibility index (Phi) is 7.44. The van der Waals surface area contributed by atoms with Crippen LogP contribution < -0.4 is 9.80 Å². The van der Waals surface area contributed by atoms with Crippen LogP contribution in [0.1, 0.15) is 52.5 Å². The zero-order chi connectivity index (χ0) is 23.2. The van der Waals surface area contributed by atoms with Crippen LogP contribution in [0.15, 0.2) is 48.9 Å². The highest BCUT2D eigenvalue weighted by molar-refractivity contribution is 5.56. The Morgan fingerprint density at radius 2 is 1.76 bits per heavy atom. The summed E-state index contributed by atoms with van der Waals surface area (Å²) in [5, 5.41) is 0. The van der Waals surface area contributed by atoms with Gasteiger partial charge in [-0.2, -0.15) is 4.98 Å². The first-order chi connectivity index (χ1) is 16.1. The largest absolute Gasteiger partial charge is 0.371 e. The van der Waals surface area contributed by atoms with Gasteiger partial charge < -0.3 is 14.5 Å². The van der Waals surface area contributed by atoms with E-state index in [1.807, 2.05) is 49.5 Å². The lowest BCUT2D eigenvalue weighted by Crippen LogP contribution is -2.57. The summed E-state index contributed by atoms with van der Waals surface area (Å²) in [6, 6.07) is 12.5. The Bertz CT molecular complexity index is 1020. The number of piperazine rings is 1. The van der Waals surface area contributed by atoms with Gasteiger partial charge in [0.2, 0.25) is 5.95 Å². The predicted octanol–water partition coefficient (Wildman–Crippen LogP) is 4.31. The lowest BCUT2D eigenvalue weighted by Gasteiger charge is -2.45. The second-order valence-electron chi connectivity index (χ2n) is 8.63. The molecule has 3 heterocycles. The summed E-state index contributed by atoms with van der Waals surface area (Å²) in [6.45, 7) is 10.9. The van der Waals surface area contributed by atoms with Crippen LogP contribution in [0.5, 0.6) is 0 Å².